The highest BCUT2D eigenvalue weighted by Gasteiger charge is 2.30. The summed E-state index contributed by atoms with van der Waals surface area (Å²) >= 11 is 7.25. The van der Waals surface area contributed by atoms with E-state index in [0.29, 0.717) is 32.2 Å². The predicted molar refractivity (Wildman–Crippen MR) is 108 cm³/mol. The molecule has 0 atom stereocenters. The first-order valence-electron chi connectivity index (χ1n) is 8.47. The number of rotatable bonds is 5. The lowest BCUT2D eigenvalue weighted by molar-refractivity contribution is 0.0910. The Morgan fingerprint density at radius 2 is 1.89 bits per heavy atom. The zero-order chi connectivity index (χ0) is 20.5. The van der Waals surface area contributed by atoms with Crippen molar-refractivity contribution in [3.8, 4) is 0 Å². The van der Waals surface area contributed by atoms with Gasteiger partial charge in [0.2, 0.25) is 5.89 Å². The molecule has 0 saturated carbocycles. The molecule has 1 aromatic carbocycles. The smallest absolute Gasteiger partial charge is 0.262 e. The molecule has 7 nitrogen and oxygen atoms in total. The first-order chi connectivity index (χ1) is 13.2. The number of anilines is 1. The third-order valence-electron chi connectivity index (χ3n) is 3.99. The van der Waals surface area contributed by atoms with Gasteiger partial charge in [0, 0.05) is 6.92 Å². The lowest BCUT2D eigenvalue weighted by Crippen LogP contribution is -2.41. The molecule has 3 aromatic rings. The molecule has 3 rings (SSSR count). The van der Waals surface area contributed by atoms with Crippen LogP contribution in [0.2, 0.25) is 5.02 Å². The van der Waals surface area contributed by atoms with Crippen molar-refractivity contribution < 1.29 is 14.1 Å². The molecule has 28 heavy (non-hydrogen) atoms. The number of nitrogens with one attached hydrogen (secondary N) is 2. The van der Waals surface area contributed by atoms with E-state index in [4.69, 9.17) is 16.1 Å². The van der Waals surface area contributed by atoms with Gasteiger partial charge in [0.05, 0.1) is 26.0 Å². The van der Waals surface area contributed by atoms with Crippen LogP contribution in [0.5, 0.6) is 0 Å². The van der Waals surface area contributed by atoms with Gasteiger partial charge in [0.1, 0.15) is 0 Å². The summed E-state index contributed by atoms with van der Waals surface area (Å²) in [5.74, 6) is 0.198. The number of carbonyl (C=O) groups is 2. The topological polar surface area (TPSA) is 97.1 Å². The van der Waals surface area contributed by atoms with Crippen LogP contribution < -0.4 is 10.6 Å². The molecular weight excluding hydrogens is 400 g/mol. The first-order valence-corrected chi connectivity index (χ1v) is 9.66. The molecular formula is C19H19ClN4O3S. The predicted octanol–water partition coefficient (Wildman–Crippen LogP) is 4.32. The highest BCUT2D eigenvalue weighted by molar-refractivity contribution is 7.18. The quantitative estimate of drug-likeness (QED) is 0.643. The molecule has 9 heteroatoms. The monoisotopic (exact) mass is 418 g/mol. The van der Waals surface area contributed by atoms with Gasteiger partial charge in [-0.25, -0.2) is 0 Å². The maximum absolute atomic E-state index is 12.8. The number of hydrogen-bond acceptors (Lipinski definition) is 6. The Morgan fingerprint density at radius 1 is 1.18 bits per heavy atom. The summed E-state index contributed by atoms with van der Waals surface area (Å²) in [6.07, 6.45) is 0. The number of thiophene rings is 1. The molecule has 0 aliphatic carbocycles. The summed E-state index contributed by atoms with van der Waals surface area (Å²) in [7, 11) is 0. The van der Waals surface area contributed by atoms with Crippen molar-refractivity contribution in [2.45, 2.75) is 33.2 Å². The molecule has 2 aromatic heterocycles. The maximum Gasteiger partial charge on any atom is 0.262 e. The average Bonchev–Trinajstić information content (AvgIpc) is 3.21. The highest BCUT2D eigenvalue weighted by atomic mass is 35.5. The van der Waals surface area contributed by atoms with E-state index >= 15 is 0 Å². The van der Waals surface area contributed by atoms with Crippen molar-refractivity contribution in [1.29, 1.82) is 0 Å². The van der Waals surface area contributed by atoms with E-state index in [1.165, 1.54) is 11.3 Å². The SMILES string of the molecule is Cc1nc(C(C)(C)NC(=O)c2sc(NC(=O)c3ccccc3Cl)cc2C)no1. The Balaban J connectivity index is 1.75. The van der Waals surface area contributed by atoms with E-state index in [-0.39, 0.29) is 11.8 Å². The Kier molecular flexibility index (Phi) is 5.53. The maximum atomic E-state index is 12.8. The Morgan fingerprint density at radius 3 is 2.54 bits per heavy atom. The van der Waals surface area contributed by atoms with Gasteiger partial charge in [-0.3, -0.25) is 9.59 Å². The molecule has 0 saturated heterocycles. The lowest BCUT2D eigenvalue weighted by Gasteiger charge is -2.22. The Hall–Kier alpha value is -2.71. The van der Waals surface area contributed by atoms with Gasteiger partial charge in [-0.1, -0.05) is 28.9 Å². The first kappa shape index (κ1) is 20.0. The van der Waals surface area contributed by atoms with E-state index in [1.807, 2.05) is 6.92 Å². The van der Waals surface area contributed by atoms with Crippen molar-refractivity contribution >= 4 is 39.8 Å². The van der Waals surface area contributed by atoms with E-state index < -0.39 is 5.54 Å². The zero-order valence-corrected chi connectivity index (χ0v) is 17.4. The van der Waals surface area contributed by atoms with Crippen LogP contribution in [0.4, 0.5) is 5.00 Å². The van der Waals surface area contributed by atoms with Crippen molar-refractivity contribution in [3.63, 3.8) is 0 Å². The van der Waals surface area contributed by atoms with Crippen LogP contribution in [-0.4, -0.2) is 22.0 Å². The van der Waals surface area contributed by atoms with Gasteiger partial charge in [0.15, 0.2) is 5.82 Å². The minimum Gasteiger partial charge on any atom is -0.340 e. The largest absolute Gasteiger partial charge is 0.340 e. The van der Waals surface area contributed by atoms with Crippen LogP contribution in [0.25, 0.3) is 0 Å². The van der Waals surface area contributed by atoms with Gasteiger partial charge in [-0.05, 0) is 44.5 Å². The summed E-state index contributed by atoms with van der Waals surface area (Å²) in [5.41, 5.74) is 0.304. The van der Waals surface area contributed by atoms with Gasteiger partial charge >= 0.3 is 0 Å². The number of aryl methyl sites for hydroxylation is 2. The second kappa shape index (κ2) is 7.73. The zero-order valence-electron chi connectivity index (χ0n) is 15.8. The molecule has 0 fully saturated rings. The normalized spacial score (nSPS) is 11.3. The number of aromatic nitrogens is 2. The minimum absolute atomic E-state index is 0.284. The second-order valence-corrected chi connectivity index (χ2v) is 8.23. The third kappa shape index (κ3) is 4.23. The molecule has 0 aliphatic heterocycles. The Bertz CT molecular complexity index is 1040. The number of halogens is 1. The second-order valence-electron chi connectivity index (χ2n) is 6.77. The fourth-order valence-corrected chi connectivity index (χ4v) is 3.73. The summed E-state index contributed by atoms with van der Waals surface area (Å²) < 4.78 is 4.99. The van der Waals surface area contributed by atoms with E-state index in [1.54, 1.807) is 51.1 Å². The third-order valence-corrected chi connectivity index (χ3v) is 5.47. The molecule has 2 heterocycles. The summed E-state index contributed by atoms with van der Waals surface area (Å²) in [4.78, 5) is 29.9. The molecule has 2 amide bonds. The van der Waals surface area contributed by atoms with E-state index in [9.17, 15) is 9.59 Å². The van der Waals surface area contributed by atoms with Gasteiger partial charge in [-0.2, -0.15) is 4.98 Å². The fraction of sp³-hybridized carbons (Fsp3) is 0.263. The van der Waals surface area contributed by atoms with Crippen molar-refractivity contribution in [1.82, 2.24) is 15.5 Å². The van der Waals surface area contributed by atoms with Crippen LogP contribution in [0.1, 0.15) is 51.2 Å². The molecule has 2 N–H and O–H groups in total. The summed E-state index contributed by atoms with van der Waals surface area (Å²) in [6, 6.07) is 8.53. The van der Waals surface area contributed by atoms with E-state index in [0.717, 1.165) is 5.56 Å². The Labute approximate surface area is 171 Å². The molecule has 0 bridgehead atoms. The number of hydrogen-bond donors (Lipinski definition) is 2. The molecule has 0 spiro atoms. The molecule has 0 radical (unpaired) electrons. The summed E-state index contributed by atoms with van der Waals surface area (Å²) in [5, 5.41) is 10.5. The van der Waals surface area contributed by atoms with E-state index in [2.05, 4.69) is 20.8 Å². The van der Waals surface area contributed by atoms with Crippen LogP contribution in [-0.2, 0) is 5.54 Å². The molecule has 0 unspecified atom stereocenters. The van der Waals surface area contributed by atoms with Crippen molar-refractivity contribution in [2.75, 3.05) is 5.32 Å². The molecule has 146 valence electrons. The minimum atomic E-state index is -0.813. The van der Waals surface area contributed by atoms with Gasteiger partial charge < -0.3 is 15.2 Å². The molecule has 0 aliphatic rings. The number of amides is 2. The van der Waals surface area contributed by atoms with Crippen LogP contribution in [0, 0.1) is 13.8 Å². The number of nitrogens with zero attached hydrogens (tertiary/aromatic N) is 2. The van der Waals surface area contributed by atoms with Crippen LogP contribution in [0.15, 0.2) is 34.9 Å². The number of carbonyl (C=O) groups excluding carboxylic acids is 2. The fourth-order valence-electron chi connectivity index (χ4n) is 2.54. The van der Waals surface area contributed by atoms with Crippen molar-refractivity contribution in [2.24, 2.45) is 0 Å². The summed E-state index contributed by atoms with van der Waals surface area (Å²) in [6.45, 7) is 7.07. The standard InChI is InChI=1S/C19H19ClN4O3S/c1-10-9-14(22-16(25)12-7-5-6-8-13(12)20)28-15(10)17(26)23-19(3,4)18-21-11(2)27-24-18/h5-9H,1-4H3,(H,22,25)(H,23,26). The van der Waals surface area contributed by atoms with Crippen molar-refractivity contribution in [3.05, 3.63) is 63.1 Å². The van der Waals surface area contributed by atoms with Crippen LogP contribution >= 0.6 is 22.9 Å². The van der Waals surface area contributed by atoms with Crippen LogP contribution in [0.3, 0.4) is 0 Å². The highest BCUT2D eigenvalue weighted by Crippen LogP contribution is 2.29. The lowest BCUT2D eigenvalue weighted by atomic mass is 10.0. The average molecular weight is 419 g/mol. The van der Waals surface area contributed by atoms with Gasteiger partial charge in [-0.15, -0.1) is 11.3 Å². The number of benzene rings is 1. The van der Waals surface area contributed by atoms with Gasteiger partial charge in [0.25, 0.3) is 11.8 Å².